The third-order valence-electron chi connectivity index (χ3n) is 3.06. The van der Waals surface area contributed by atoms with Crippen molar-refractivity contribution in [1.29, 1.82) is 0 Å². The number of carbonyl (C=O) groups excluding carboxylic acids is 2. The molecule has 0 radical (unpaired) electrons. The highest BCUT2D eigenvalue weighted by molar-refractivity contribution is 6.10. The zero-order chi connectivity index (χ0) is 16.1. The number of hydrazine groups is 1. The molecule has 1 amide bonds. The maximum atomic E-state index is 12.3. The van der Waals surface area contributed by atoms with E-state index in [1.807, 2.05) is 24.5 Å². The van der Waals surface area contributed by atoms with Gasteiger partial charge in [0.1, 0.15) is 11.5 Å². The summed E-state index contributed by atoms with van der Waals surface area (Å²) in [5, 5.41) is 9.97. The van der Waals surface area contributed by atoms with E-state index in [4.69, 9.17) is 10.6 Å². The van der Waals surface area contributed by atoms with Gasteiger partial charge in [-0.25, -0.2) is 5.84 Å². The number of nitrogens with two attached hydrogens (primary N) is 1. The summed E-state index contributed by atoms with van der Waals surface area (Å²) >= 11 is 0. The molecule has 114 valence electrons. The highest BCUT2D eigenvalue weighted by Crippen LogP contribution is 2.26. The van der Waals surface area contributed by atoms with E-state index >= 15 is 0 Å². The summed E-state index contributed by atoms with van der Waals surface area (Å²) in [4.78, 5) is 23.3. The van der Waals surface area contributed by atoms with Gasteiger partial charge in [-0.15, -0.1) is 0 Å². The predicted octanol–water partition coefficient (Wildman–Crippen LogP) is 1.30. The molecule has 0 atom stereocenters. The first kappa shape index (κ1) is 15.5. The summed E-state index contributed by atoms with van der Waals surface area (Å²) in [6.45, 7) is 1.65. The fourth-order valence-electron chi connectivity index (χ4n) is 1.84. The summed E-state index contributed by atoms with van der Waals surface area (Å²) in [5.41, 5.74) is 3.62. The molecule has 2 rings (SSSR count). The van der Waals surface area contributed by atoms with E-state index in [9.17, 15) is 14.7 Å². The molecule has 0 aromatic heterocycles. The third-order valence-corrected chi connectivity index (χ3v) is 3.06. The number of hydrogen-bond donors (Lipinski definition) is 3. The number of amides is 1. The minimum absolute atomic E-state index is 0.166. The zero-order valence-electron chi connectivity index (χ0n) is 12.0. The lowest BCUT2D eigenvalue weighted by molar-refractivity contribution is -0.123. The first-order valence-corrected chi connectivity index (χ1v) is 6.58. The minimum atomic E-state index is -0.501. The third kappa shape index (κ3) is 3.62. The van der Waals surface area contributed by atoms with Crippen LogP contribution in [0.3, 0.4) is 0 Å². The van der Waals surface area contributed by atoms with Gasteiger partial charge in [0.2, 0.25) is 0 Å². The smallest absolute Gasteiger partial charge is 0.271 e. The van der Waals surface area contributed by atoms with Crippen molar-refractivity contribution in [2.75, 3.05) is 6.61 Å². The Labute approximate surface area is 127 Å². The molecular formula is C16H16N2O4. The first-order chi connectivity index (χ1) is 10.5. The molecule has 2 aromatic carbocycles. The van der Waals surface area contributed by atoms with Crippen molar-refractivity contribution in [2.45, 2.75) is 6.92 Å². The van der Waals surface area contributed by atoms with Gasteiger partial charge in [0.15, 0.2) is 12.4 Å². The topological polar surface area (TPSA) is 102 Å². The van der Waals surface area contributed by atoms with Crippen LogP contribution < -0.4 is 16.0 Å². The van der Waals surface area contributed by atoms with Crippen molar-refractivity contribution in [2.24, 2.45) is 5.84 Å². The van der Waals surface area contributed by atoms with Gasteiger partial charge in [-0.3, -0.25) is 15.0 Å². The van der Waals surface area contributed by atoms with Crippen molar-refractivity contribution < 1.29 is 19.4 Å². The van der Waals surface area contributed by atoms with E-state index in [0.29, 0.717) is 5.56 Å². The Hall–Kier alpha value is -2.86. The van der Waals surface area contributed by atoms with Crippen LogP contribution in [0.15, 0.2) is 42.5 Å². The summed E-state index contributed by atoms with van der Waals surface area (Å²) in [5.74, 6) is 4.20. The highest BCUT2D eigenvalue weighted by atomic mass is 16.5. The number of carbonyl (C=O) groups is 2. The second kappa shape index (κ2) is 6.73. The largest absolute Gasteiger partial charge is 0.507 e. The normalized spacial score (nSPS) is 10.1. The number of hydrogen-bond acceptors (Lipinski definition) is 5. The van der Waals surface area contributed by atoms with Crippen LogP contribution in [0.1, 0.15) is 21.5 Å². The number of phenols is 1. The van der Waals surface area contributed by atoms with Crippen LogP contribution in [0.4, 0.5) is 0 Å². The maximum absolute atomic E-state index is 12.3. The SMILES string of the molecule is Cc1ccc(C(=O)c2ccc(OCC(=O)NN)cc2O)cc1. The molecule has 0 saturated carbocycles. The van der Waals surface area contributed by atoms with Crippen molar-refractivity contribution in [3.63, 3.8) is 0 Å². The van der Waals surface area contributed by atoms with Crippen LogP contribution in [0.5, 0.6) is 11.5 Å². The summed E-state index contributed by atoms with van der Waals surface area (Å²) in [6, 6.07) is 11.3. The molecule has 0 heterocycles. The Bertz CT molecular complexity index is 696. The van der Waals surface area contributed by atoms with Crippen molar-refractivity contribution in [3.05, 3.63) is 59.2 Å². The Morgan fingerprint density at radius 2 is 1.86 bits per heavy atom. The molecule has 0 aliphatic carbocycles. The number of aromatic hydroxyl groups is 1. The van der Waals surface area contributed by atoms with E-state index in [-0.39, 0.29) is 29.5 Å². The minimum Gasteiger partial charge on any atom is -0.507 e. The number of ketones is 1. The molecule has 0 bridgehead atoms. The van der Waals surface area contributed by atoms with Gasteiger partial charge in [-0.05, 0) is 19.1 Å². The number of aryl methyl sites for hydroxylation is 1. The van der Waals surface area contributed by atoms with Crippen LogP contribution in [-0.4, -0.2) is 23.4 Å². The fourth-order valence-corrected chi connectivity index (χ4v) is 1.84. The Balaban J connectivity index is 2.17. The maximum Gasteiger partial charge on any atom is 0.271 e. The predicted molar refractivity (Wildman–Crippen MR) is 80.5 cm³/mol. The van der Waals surface area contributed by atoms with E-state index in [1.54, 1.807) is 12.1 Å². The number of phenolic OH excluding ortho intramolecular Hbond substituents is 1. The molecular weight excluding hydrogens is 284 g/mol. The van der Waals surface area contributed by atoms with Crippen LogP contribution in [-0.2, 0) is 4.79 Å². The average molecular weight is 300 g/mol. The van der Waals surface area contributed by atoms with Crippen LogP contribution in [0.25, 0.3) is 0 Å². The van der Waals surface area contributed by atoms with Crippen molar-refractivity contribution in [1.82, 2.24) is 5.43 Å². The summed E-state index contributed by atoms with van der Waals surface area (Å²) < 4.78 is 5.13. The molecule has 2 aromatic rings. The van der Waals surface area contributed by atoms with Gasteiger partial charge in [0.05, 0.1) is 5.56 Å². The van der Waals surface area contributed by atoms with Crippen molar-refractivity contribution >= 4 is 11.7 Å². The number of rotatable bonds is 5. The summed E-state index contributed by atoms with van der Waals surface area (Å²) in [6.07, 6.45) is 0. The number of ether oxygens (including phenoxy) is 1. The lowest BCUT2D eigenvalue weighted by Crippen LogP contribution is -2.34. The second-order valence-corrected chi connectivity index (χ2v) is 4.73. The lowest BCUT2D eigenvalue weighted by atomic mass is 10.0. The Kier molecular flexibility index (Phi) is 4.75. The van der Waals surface area contributed by atoms with E-state index in [0.717, 1.165) is 5.56 Å². The molecule has 0 spiro atoms. The molecule has 22 heavy (non-hydrogen) atoms. The number of benzene rings is 2. The van der Waals surface area contributed by atoms with E-state index in [1.165, 1.54) is 18.2 Å². The van der Waals surface area contributed by atoms with Gasteiger partial charge in [-0.1, -0.05) is 29.8 Å². The summed E-state index contributed by atoms with van der Waals surface area (Å²) in [7, 11) is 0. The molecule has 6 heteroatoms. The average Bonchev–Trinajstić information content (AvgIpc) is 2.52. The molecule has 0 unspecified atom stereocenters. The quantitative estimate of drug-likeness (QED) is 0.334. The number of nitrogens with one attached hydrogen (secondary N) is 1. The highest BCUT2D eigenvalue weighted by Gasteiger charge is 2.14. The monoisotopic (exact) mass is 300 g/mol. The van der Waals surface area contributed by atoms with Gasteiger partial charge in [0, 0.05) is 11.6 Å². The molecule has 4 N–H and O–H groups in total. The van der Waals surface area contributed by atoms with Crippen LogP contribution in [0.2, 0.25) is 0 Å². The standard InChI is InChI=1S/C16H16N2O4/c1-10-2-4-11(5-3-10)16(21)13-7-6-12(8-14(13)19)22-9-15(20)18-17/h2-8,19H,9,17H2,1H3,(H,18,20). The Morgan fingerprint density at radius 3 is 2.45 bits per heavy atom. The van der Waals surface area contributed by atoms with Gasteiger partial charge >= 0.3 is 0 Å². The second-order valence-electron chi connectivity index (χ2n) is 4.73. The van der Waals surface area contributed by atoms with Crippen LogP contribution >= 0.6 is 0 Å². The van der Waals surface area contributed by atoms with Gasteiger partial charge < -0.3 is 9.84 Å². The lowest BCUT2D eigenvalue weighted by Gasteiger charge is -2.08. The van der Waals surface area contributed by atoms with Gasteiger partial charge in [-0.2, -0.15) is 0 Å². The zero-order valence-corrected chi connectivity index (χ0v) is 12.0. The molecule has 0 aliphatic heterocycles. The fraction of sp³-hybridized carbons (Fsp3) is 0.125. The molecule has 0 fully saturated rings. The van der Waals surface area contributed by atoms with Crippen molar-refractivity contribution in [3.8, 4) is 11.5 Å². The van der Waals surface area contributed by atoms with Gasteiger partial charge in [0.25, 0.3) is 5.91 Å². The van der Waals surface area contributed by atoms with E-state index in [2.05, 4.69) is 0 Å². The van der Waals surface area contributed by atoms with Crippen LogP contribution in [0, 0.1) is 6.92 Å². The molecule has 0 saturated heterocycles. The molecule has 0 aliphatic rings. The molecule has 6 nitrogen and oxygen atoms in total. The first-order valence-electron chi connectivity index (χ1n) is 6.58. The van der Waals surface area contributed by atoms with E-state index < -0.39 is 5.91 Å². The Morgan fingerprint density at radius 1 is 1.18 bits per heavy atom.